The molecular weight excluding hydrogens is 592 g/mol. The summed E-state index contributed by atoms with van der Waals surface area (Å²) < 4.78 is 16.5. The van der Waals surface area contributed by atoms with E-state index in [-0.39, 0.29) is 44.9 Å². The van der Waals surface area contributed by atoms with Crippen LogP contribution in [0.4, 0.5) is 5.69 Å². The first kappa shape index (κ1) is 35.3. The molecule has 0 unspecified atom stereocenters. The molecule has 2 aromatic carbocycles. The summed E-state index contributed by atoms with van der Waals surface area (Å²) in [7, 11) is 0. The van der Waals surface area contributed by atoms with Crippen molar-refractivity contribution in [2.45, 2.75) is 66.8 Å². The number of benzene rings is 2. The van der Waals surface area contributed by atoms with Gasteiger partial charge in [-0.3, -0.25) is 23.7 Å². The molecule has 0 aliphatic rings. The number of anilines is 1. The predicted molar refractivity (Wildman–Crippen MR) is 172 cm³/mol. The van der Waals surface area contributed by atoms with Crippen molar-refractivity contribution in [1.82, 2.24) is 14.9 Å². The number of nitrogens with zero attached hydrogens (tertiary/aromatic N) is 3. The molecule has 0 saturated carbocycles. The topological polar surface area (TPSA) is 146 Å². The Balaban J connectivity index is 1.76. The summed E-state index contributed by atoms with van der Waals surface area (Å²) in [6.07, 6.45) is 6.98. The number of hydrogen-bond acceptors (Lipinski definition) is 10. The van der Waals surface area contributed by atoms with E-state index in [1.54, 1.807) is 71.0 Å². The Bertz CT molecular complexity index is 1650. The number of nitrogens with one attached hydrogen (secondary N) is 1. The van der Waals surface area contributed by atoms with Crippen LogP contribution in [0.5, 0.6) is 0 Å². The van der Waals surface area contributed by atoms with Gasteiger partial charge in [0, 0.05) is 24.2 Å². The summed E-state index contributed by atoms with van der Waals surface area (Å²) in [5, 5.41) is 3.01. The van der Waals surface area contributed by atoms with Crippen LogP contribution in [0.25, 0.3) is 10.9 Å². The van der Waals surface area contributed by atoms with Crippen molar-refractivity contribution in [3.8, 4) is 12.3 Å². The Morgan fingerprint density at radius 2 is 1.72 bits per heavy atom. The number of terminal acetylenes is 1. The van der Waals surface area contributed by atoms with Gasteiger partial charge in [0.2, 0.25) is 0 Å². The molecule has 3 aromatic rings. The molecule has 1 heterocycles. The predicted octanol–water partition coefficient (Wildman–Crippen LogP) is 3.59. The van der Waals surface area contributed by atoms with E-state index in [2.05, 4.69) is 16.2 Å². The van der Waals surface area contributed by atoms with Crippen molar-refractivity contribution in [1.29, 1.82) is 0 Å². The van der Waals surface area contributed by atoms with Gasteiger partial charge >= 0.3 is 17.9 Å². The number of carbonyl (C=O) groups is 4. The van der Waals surface area contributed by atoms with Crippen LogP contribution in [0.2, 0.25) is 0 Å². The third kappa shape index (κ3) is 9.66. The highest BCUT2D eigenvalue weighted by Gasteiger charge is 2.25. The highest BCUT2D eigenvalue weighted by atomic mass is 16.5. The lowest BCUT2D eigenvalue weighted by Gasteiger charge is -2.23. The molecule has 12 nitrogen and oxygen atoms in total. The number of hydrogen-bond donors (Lipinski definition) is 1. The number of carbonyl (C=O) groups excluding carboxylic acids is 4. The highest BCUT2D eigenvalue weighted by molar-refractivity contribution is 5.97. The molecule has 0 fully saturated rings. The van der Waals surface area contributed by atoms with Gasteiger partial charge in [-0.25, -0.2) is 9.78 Å². The van der Waals surface area contributed by atoms with Crippen molar-refractivity contribution < 1.29 is 33.4 Å². The second-order valence-electron chi connectivity index (χ2n) is 11.4. The number of ether oxygens (including phenoxy) is 3. The lowest BCUT2D eigenvalue weighted by Crippen LogP contribution is -2.42. The maximum Gasteiger partial charge on any atom is 0.328 e. The Labute approximate surface area is 268 Å². The quantitative estimate of drug-likeness (QED) is 0.159. The number of rotatable bonds is 14. The Morgan fingerprint density at radius 1 is 1.02 bits per heavy atom. The van der Waals surface area contributed by atoms with Gasteiger partial charge in [-0.15, -0.1) is 6.42 Å². The fourth-order valence-electron chi connectivity index (χ4n) is 4.36. The third-order valence-corrected chi connectivity index (χ3v) is 6.80. The van der Waals surface area contributed by atoms with Gasteiger partial charge in [-0.1, -0.05) is 12.0 Å². The zero-order chi connectivity index (χ0) is 33.9. The van der Waals surface area contributed by atoms with Crippen LogP contribution >= 0.6 is 0 Å². The van der Waals surface area contributed by atoms with Gasteiger partial charge in [-0.2, -0.15) is 0 Å². The molecule has 1 N–H and O–H groups in total. The monoisotopic (exact) mass is 632 g/mol. The summed E-state index contributed by atoms with van der Waals surface area (Å²) in [5.74, 6) is 0.576. The van der Waals surface area contributed by atoms with Crippen LogP contribution in [0, 0.1) is 17.8 Å². The largest absolute Gasteiger partial charge is 0.466 e. The van der Waals surface area contributed by atoms with Crippen molar-refractivity contribution in [2.75, 3.05) is 24.7 Å². The zero-order valence-electron chi connectivity index (χ0n) is 26.8. The maximum absolute atomic E-state index is 13.2. The number of fused-ring (bicyclic) bond motifs is 1. The van der Waals surface area contributed by atoms with E-state index in [4.69, 9.17) is 20.6 Å². The molecule has 0 bridgehead atoms. The molecule has 0 spiro atoms. The molecule has 3 rings (SSSR count). The van der Waals surface area contributed by atoms with E-state index in [1.165, 1.54) is 10.9 Å². The summed E-state index contributed by atoms with van der Waals surface area (Å²) >= 11 is 0. The Hall–Kier alpha value is -5.18. The van der Waals surface area contributed by atoms with E-state index >= 15 is 0 Å². The van der Waals surface area contributed by atoms with E-state index in [0.29, 0.717) is 23.0 Å². The molecule has 12 heteroatoms. The minimum Gasteiger partial charge on any atom is -0.466 e. The molecular formula is C34H40N4O8. The molecule has 0 radical (unpaired) electrons. The Kier molecular flexibility index (Phi) is 12.4. The number of aromatic nitrogens is 2. The highest BCUT2D eigenvalue weighted by Crippen LogP contribution is 2.20. The number of amides is 1. The van der Waals surface area contributed by atoms with Gasteiger partial charge < -0.3 is 24.4 Å². The lowest BCUT2D eigenvalue weighted by molar-refractivity contribution is -0.157. The van der Waals surface area contributed by atoms with Gasteiger partial charge in [0.1, 0.15) is 12.4 Å². The van der Waals surface area contributed by atoms with Gasteiger partial charge in [0.05, 0.1) is 36.1 Å². The average molecular weight is 633 g/mol. The molecule has 0 aliphatic carbocycles. The minimum atomic E-state index is -1.02. The Morgan fingerprint density at radius 3 is 2.35 bits per heavy atom. The first-order valence-electron chi connectivity index (χ1n) is 14.9. The molecule has 0 aliphatic heterocycles. The first-order chi connectivity index (χ1) is 21.9. The molecule has 1 amide bonds. The van der Waals surface area contributed by atoms with E-state index in [1.807, 2.05) is 11.0 Å². The van der Waals surface area contributed by atoms with Gasteiger partial charge in [0.15, 0.2) is 6.73 Å². The summed E-state index contributed by atoms with van der Waals surface area (Å²) in [6, 6.07) is 10.9. The van der Waals surface area contributed by atoms with E-state index in [9.17, 15) is 24.0 Å². The van der Waals surface area contributed by atoms with Crippen LogP contribution in [0.3, 0.4) is 0 Å². The second-order valence-corrected chi connectivity index (χ2v) is 11.4. The average Bonchev–Trinajstić information content (AvgIpc) is 3.02. The minimum absolute atomic E-state index is 0.0336. The molecule has 46 heavy (non-hydrogen) atoms. The second kappa shape index (κ2) is 16.2. The van der Waals surface area contributed by atoms with Crippen LogP contribution in [0.15, 0.2) is 53.6 Å². The molecule has 0 saturated heterocycles. The summed E-state index contributed by atoms with van der Waals surface area (Å²) in [6.45, 7) is 9.19. The SMILES string of the molecule is C#CCN(Cc1ccc2ncn(COC(=O)C(C)(C)C)c(=O)c2c1)c1ccc(C(=O)N[C@@H](CCC(=O)OCC)C(=O)OCC)cc1. The first-order valence-corrected chi connectivity index (χ1v) is 14.9. The number of esters is 3. The zero-order valence-corrected chi connectivity index (χ0v) is 26.8. The summed E-state index contributed by atoms with van der Waals surface area (Å²) in [5.41, 5.74) is 1.23. The smallest absolute Gasteiger partial charge is 0.328 e. The molecule has 244 valence electrons. The fourth-order valence-corrected chi connectivity index (χ4v) is 4.36. The summed E-state index contributed by atoms with van der Waals surface area (Å²) in [4.78, 5) is 68.8. The van der Waals surface area contributed by atoms with Crippen molar-refractivity contribution in [3.05, 3.63) is 70.3 Å². The maximum atomic E-state index is 13.2. The van der Waals surface area contributed by atoms with Crippen molar-refractivity contribution >= 4 is 40.4 Å². The normalized spacial score (nSPS) is 11.7. The fraction of sp³-hybridized carbons (Fsp3) is 0.412. The van der Waals surface area contributed by atoms with Crippen LogP contribution in [-0.4, -0.2) is 59.2 Å². The lowest BCUT2D eigenvalue weighted by atomic mass is 9.98. The van der Waals surface area contributed by atoms with E-state index < -0.39 is 35.3 Å². The van der Waals surface area contributed by atoms with Crippen molar-refractivity contribution in [2.24, 2.45) is 5.41 Å². The van der Waals surface area contributed by atoms with Crippen LogP contribution in [0.1, 0.15) is 63.4 Å². The van der Waals surface area contributed by atoms with Crippen LogP contribution in [-0.2, 0) is 41.9 Å². The van der Waals surface area contributed by atoms with Crippen molar-refractivity contribution in [3.63, 3.8) is 0 Å². The standard InChI is InChI=1S/C34H40N4O8/c1-7-18-37(20-23-10-15-27-26(19-23)31(41)38(21-35-27)22-46-33(43)34(4,5)6)25-13-11-24(12-14-25)30(40)36-28(32(42)45-9-3)16-17-29(39)44-8-2/h1,10-15,19,21,28H,8-9,16-18,20,22H2,2-6H3,(H,36,40)/t28-/m0/s1. The molecule has 1 aromatic heterocycles. The third-order valence-electron chi connectivity index (χ3n) is 6.80. The van der Waals surface area contributed by atoms with Gasteiger partial charge in [-0.05, 0) is 83.0 Å². The molecule has 1 atom stereocenters. The van der Waals surface area contributed by atoms with Gasteiger partial charge in [0.25, 0.3) is 11.5 Å². The van der Waals surface area contributed by atoms with Crippen LogP contribution < -0.4 is 15.8 Å². The van der Waals surface area contributed by atoms with E-state index in [0.717, 1.165) is 11.3 Å².